The van der Waals surface area contributed by atoms with Crippen molar-refractivity contribution in [2.24, 2.45) is 4.99 Å². The van der Waals surface area contributed by atoms with Crippen molar-refractivity contribution in [3.05, 3.63) is 66.0 Å². The van der Waals surface area contributed by atoms with Gasteiger partial charge in [0.25, 0.3) is 0 Å². The van der Waals surface area contributed by atoms with Crippen LogP contribution in [0.1, 0.15) is 51.2 Å². The average Bonchev–Trinajstić information content (AvgIpc) is 2.97. The Morgan fingerprint density at radius 3 is 2.40 bits per heavy atom. The van der Waals surface area contributed by atoms with Crippen LogP contribution >= 0.6 is 0 Å². The van der Waals surface area contributed by atoms with Gasteiger partial charge in [0, 0.05) is 0 Å². The zero-order valence-corrected chi connectivity index (χ0v) is 15.2. The number of nitrogens with zero attached hydrogens (tertiary/aromatic N) is 3. The molecule has 0 saturated heterocycles. The largest absolute Gasteiger partial charge is 0.294 e. The Balaban J connectivity index is 1.99. The standard InChI is InChI=1S/C21H24N4/c1-14-19-23-16-12-8-9-13-17(16)25(19)20(24-21(2,3)4)18(22-14)15-10-6-5-7-11-15/h5-14,18,22H,1-4H3. The molecule has 0 spiro atoms. The lowest BCUT2D eigenvalue weighted by Gasteiger charge is -2.33. The zero-order chi connectivity index (χ0) is 17.6. The Morgan fingerprint density at radius 2 is 1.68 bits per heavy atom. The van der Waals surface area contributed by atoms with Crippen molar-refractivity contribution in [3.63, 3.8) is 0 Å². The van der Waals surface area contributed by atoms with Crippen LogP contribution in [0.25, 0.3) is 11.0 Å². The number of aromatic nitrogens is 2. The second-order valence-corrected chi connectivity index (χ2v) is 7.67. The summed E-state index contributed by atoms with van der Waals surface area (Å²) in [5.41, 5.74) is 3.19. The number of fused-ring (bicyclic) bond motifs is 3. The van der Waals surface area contributed by atoms with Gasteiger partial charge in [0.05, 0.1) is 28.7 Å². The van der Waals surface area contributed by atoms with Crippen molar-refractivity contribution < 1.29 is 0 Å². The first-order valence-corrected chi connectivity index (χ1v) is 8.82. The fraction of sp³-hybridized carbons (Fsp3) is 0.333. The van der Waals surface area contributed by atoms with Crippen molar-refractivity contribution in [2.75, 3.05) is 0 Å². The van der Waals surface area contributed by atoms with E-state index in [0.717, 1.165) is 22.7 Å². The number of imidazole rings is 1. The molecule has 1 aromatic heterocycles. The molecule has 4 heteroatoms. The maximum atomic E-state index is 5.10. The third-order valence-corrected chi connectivity index (χ3v) is 4.46. The van der Waals surface area contributed by atoms with Crippen LogP contribution in [0.3, 0.4) is 0 Å². The second kappa shape index (κ2) is 5.81. The van der Waals surface area contributed by atoms with Crippen LogP contribution in [0.5, 0.6) is 0 Å². The van der Waals surface area contributed by atoms with Crippen LogP contribution < -0.4 is 5.32 Å². The van der Waals surface area contributed by atoms with Crippen molar-refractivity contribution in [1.82, 2.24) is 14.9 Å². The molecule has 4 nitrogen and oxygen atoms in total. The first kappa shape index (κ1) is 16.0. The summed E-state index contributed by atoms with van der Waals surface area (Å²) in [6.07, 6.45) is 0. The number of rotatable bonds is 1. The van der Waals surface area contributed by atoms with Crippen molar-refractivity contribution in [2.45, 2.75) is 45.3 Å². The Hall–Kier alpha value is -2.46. The molecule has 2 atom stereocenters. The lowest BCUT2D eigenvalue weighted by molar-refractivity contribution is 0.473. The monoisotopic (exact) mass is 332 g/mol. The van der Waals surface area contributed by atoms with Crippen LogP contribution in [0.15, 0.2) is 59.6 Å². The molecule has 3 aromatic rings. The van der Waals surface area contributed by atoms with Crippen molar-refractivity contribution in [1.29, 1.82) is 0 Å². The van der Waals surface area contributed by atoms with E-state index >= 15 is 0 Å². The van der Waals surface area contributed by atoms with E-state index in [9.17, 15) is 0 Å². The van der Waals surface area contributed by atoms with Crippen molar-refractivity contribution >= 4 is 16.9 Å². The average molecular weight is 332 g/mol. The topological polar surface area (TPSA) is 42.2 Å². The van der Waals surface area contributed by atoms with Gasteiger partial charge in [-0.2, -0.15) is 0 Å². The minimum atomic E-state index is -0.173. The smallest absolute Gasteiger partial charge is 0.132 e. The van der Waals surface area contributed by atoms with Gasteiger partial charge in [0.1, 0.15) is 11.7 Å². The summed E-state index contributed by atoms with van der Waals surface area (Å²) in [7, 11) is 0. The molecule has 0 aliphatic carbocycles. The number of hydrogen-bond donors (Lipinski definition) is 1. The Morgan fingerprint density at radius 1 is 1.00 bits per heavy atom. The molecule has 1 N–H and O–H groups in total. The molecule has 4 rings (SSSR count). The van der Waals surface area contributed by atoms with Crippen LogP contribution in [0.2, 0.25) is 0 Å². The van der Waals surface area contributed by atoms with Gasteiger partial charge in [-0.25, -0.2) is 4.98 Å². The second-order valence-electron chi connectivity index (χ2n) is 7.67. The first-order chi connectivity index (χ1) is 11.9. The minimum Gasteiger partial charge on any atom is -0.294 e. The van der Waals surface area contributed by atoms with E-state index in [4.69, 9.17) is 9.98 Å². The van der Waals surface area contributed by atoms with E-state index in [1.165, 1.54) is 5.56 Å². The van der Waals surface area contributed by atoms with Gasteiger partial charge < -0.3 is 0 Å². The summed E-state index contributed by atoms with van der Waals surface area (Å²) < 4.78 is 2.25. The molecular formula is C21H24N4. The molecule has 2 heterocycles. The normalized spacial score (nSPS) is 22.3. The van der Waals surface area contributed by atoms with Gasteiger partial charge in [-0.1, -0.05) is 42.5 Å². The van der Waals surface area contributed by atoms with Gasteiger partial charge in [-0.05, 0) is 45.4 Å². The Kier molecular flexibility index (Phi) is 3.73. The molecule has 1 aliphatic heterocycles. The van der Waals surface area contributed by atoms with Crippen LogP contribution in [-0.2, 0) is 0 Å². The molecule has 0 amide bonds. The van der Waals surface area contributed by atoms with Crippen LogP contribution in [0.4, 0.5) is 0 Å². The van der Waals surface area contributed by atoms with Crippen molar-refractivity contribution in [3.8, 4) is 0 Å². The molecule has 128 valence electrons. The van der Waals surface area contributed by atoms with E-state index in [2.05, 4.69) is 80.0 Å². The highest BCUT2D eigenvalue weighted by Crippen LogP contribution is 2.32. The Labute approximate surface area is 148 Å². The number of nitrogens with one attached hydrogen (secondary N) is 1. The van der Waals surface area contributed by atoms with E-state index < -0.39 is 0 Å². The number of aliphatic imine (C=N–C) groups is 1. The van der Waals surface area contributed by atoms with E-state index in [1.54, 1.807) is 0 Å². The van der Waals surface area contributed by atoms with E-state index in [1.807, 2.05) is 12.1 Å². The van der Waals surface area contributed by atoms with Crippen LogP contribution in [-0.4, -0.2) is 20.9 Å². The van der Waals surface area contributed by atoms with E-state index in [0.29, 0.717) is 0 Å². The highest BCUT2D eigenvalue weighted by atomic mass is 15.2. The predicted octanol–water partition coefficient (Wildman–Crippen LogP) is 4.49. The maximum absolute atomic E-state index is 5.10. The molecule has 0 fully saturated rings. The van der Waals surface area contributed by atoms with Gasteiger partial charge in [0.15, 0.2) is 0 Å². The summed E-state index contributed by atoms with van der Waals surface area (Å²) in [5.74, 6) is 2.04. The number of para-hydroxylation sites is 2. The highest BCUT2D eigenvalue weighted by molar-refractivity contribution is 5.99. The summed E-state index contributed by atoms with van der Waals surface area (Å²) in [6, 6.07) is 19.0. The molecule has 0 bridgehead atoms. The van der Waals surface area contributed by atoms with Gasteiger partial charge in [-0.15, -0.1) is 0 Å². The van der Waals surface area contributed by atoms with Gasteiger partial charge >= 0.3 is 0 Å². The lowest BCUT2D eigenvalue weighted by atomic mass is 10.0. The number of hydrogen-bond acceptors (Lipinski definition) is 3. The summed E-state index contributed by atoms with van der Waals surface area (Å²) in [5, 5.41) is 3.71. The summed E-state index contributed by atoms with van der Waals surface area (Å²) in [6.45, 7) is 8.58. The molecule has 2 unspecified atom stereocenters. The summed E-state index contributed by atoms with van der Waals surface area (Å²) in [4.78, 5) is 9.96. The maximum Gasteiger partial charge on any atom is 0.132 e. The zero-order valence-electron chi connectivity index (χ0n) is 15.2. The third kappa shape index (κ3) is 2.87. The highest BCUT2D eigenvalue weighted by Gasteiger charge is 2.33. The SMILES string of the molecule is CC1NC(c2ccccc2)C(=NC(C)(C)C)n2c1nc1ccccc12. The van der Waals surface area contributed by atoms with Crippen LogP contribution in [0, 0.1) is 0 Å². The molecule has 1 aliphatic rings. The van der Waals surface area contributed by atoms with Gasteiger partial charge in [-0.3, -0.25) is 14.9 Å². The quantitative estimate of drug-likeness (QED) is 0.713. The lowest BCUT2D eigenvalue weighted by Crippen LogP contribution is -2.42. The fourth-order valence-corrected chi connectivity index (χ4v) is 3.45. The van der Waals surface area contributed by atoms with E-state index in [-0.39, 0.29) is 17.6 Å². The molecule has 25 heavy (non-hydrogen) atoms. The molecule has 2 aromatic carbocycles. The predicted molar refractivity (Wildman–Crippen MR) is 103 cm³/mol. The Bertz CT molecular complexity index is 931. The van der Waals surface area contributed by atoms with Gasteiger partial charge in [0.2, 0.25) is 0 Å². The fourth-order valence-electron chi connectivity index (χ4n) is 3.45. The minimum absolute atomic E-state index is 0.0422. The first-order valence-electron chi connectivity index (χ1n) is 8.82. The molecular weight excluding hydrogens is 308 g/mol. The number of benzene rings is 2. The molecule has 0 radical (unpaired) electrons. The third-order valence-electron chi connectivity index (χ3n) is 4.46. The summed E-state index contributed by atoms with van der Waals surface area (Å²) >= 11 is 0. The molecule has 0 saturated carbocycles.